The minimum atomic E-state index is -3.26. The topological polar surface area (TPSA) is 76.1 Å². The van der Waals surface area contributed by atoms with Gasteiger partial charge in [0.2, 0.25) is 5.91 Å². The third-order valence-electron chi connectivity index (χ3n) is 6.68. The first-order chi connectivity index (χ1) is 13.1. The van der Waals surface area contributed by atoms with E-state index in [1.54, 1.807) is 18.2 Å². The zero-order chi connectivity index (χ0) is 19.7. The summed E-state index contributed by atoms with van der Waals surface area (Å²) in [4.78, 5) is 17.6. The molecule has 4 aliphatic rings. The molecule has 2 unspecified atom stereocenters. The summed E-state index contributed by atoms with van der Waals surface area (Å²) in [6.45, 7) is 0. The number of carbonyl (C=O) groups excluding carboxylic acids is 1. The Balaban J connectivity index is 1.33. The molecule has 5 nitrogen and oxygen atoms in total. The summed E-state index contributed by atoms with van der Waals surface area (Å²) < 4.78 is 24.5. The Kier molecular flexibility index (Phi) is 4.24. The zero-order valence-electron chi connectivity index (χ0n) is 15.7. The molecule has 0 saturated heterocycles. The van der Waals surface area contributed by atoms with Gasteiger partial charge in [-0.1, -0.05) is 27.3 Å². The van der Waals surface area contributed by atoms with Crippen LogP contribution in [0.1, 0.15) is 44.9 Å². The van der Waals surface area contributed by atoms with Crippen LogP contribution in [0.4, 0.5) is 5.13 Å². The summed E-state index contributed by atoms with van der Waals surface area (Å²) in [6, 6.07) is 4.89. The van der Waals surface area contributed by atoms with E-state index in [-0.39, 0.29) is 20.5 Å². The largest absolute Gasteiger partial charge is 0.302 e. The molecular formula is C20H23BrN2O3S2. The molecule has 4 aliphatic carbocycles. The lowest BCUT2D eigenvalue weighted by Gasteiger charge is -2.60. The second-order valence-corrected chi connectivity index (χ2v) is 14.0. The molecule has 1 heterocycles. The van der Waals surface area contributed by atoms with Gasteiger partial charge in [0.25, 0.3) is 0 Å². The van der Waals surface area contributed by atoms with Gasteiger partial charge >= 0.3 is 0 Å². The summed E-state index contributed by atoms with van der Waals surface area (Å²) in [5.74, 6) is 1.54. The molecule has 8 heteroatoms. The van der Waals surface area contributed by atoms with Crippen LogP contribution in [0.15, 0.2) is 23.1 Å². The lowest BCUT2D eigenvalue weighted by atomic mass is 9.48. The first kappa shape index (κ1) is 19.0. The van der Waals surface area contributed by atoms with Gasteiger partial charge in [0, 0.05) is 17.0 Å². The predicted molar refractivity (Wildman–Crippen MR) is 115 cm³/mol. The van der Waals surface area contributed by atoms with Crippen LogP contribution in [-0.4, -0.2) is 29.9 Å². The number of halogens is 1. The summed E-state index contributed by atoms with van der Waals surface area (Å²) in [5.41, 5.74) is 0.833. The number of hydrogen-bond donors (Lipinski definition) is 1. The number of alkyl halides is 1. The van der Waals surface area contributed by atoms with Crippen molar-refractivity contribution in [3.8, 4) is 0 Å². The number of fused-ring (bicyclic) bond motifs is 1. The molecule has 1 aromatic heterocycles. The number of sulfone groups is 1. The van der Waals surface area contributed by atoms with Crippen LogP contribution in [0.5, 0.6) is 0 Å². The molecule has 1 aromatic carbocycles. The van der Waals surface area contributed by atoms with E-state index in [9.17, 15) is 13.2 Å². The number of rotatable bonds is 4. The molecule has 4 bridgehead atoms. The Hall–Kier alpha value is -0.990. The highest BCUT2D eigenvalue weighted by Gasteiger charge is 2.57. The van der Waals surface area contributed by atoms with Gasteiger partial charge in [-0.25, -0.2) is 13.4 Å². The van der Waals surface area contributed by atoms with Crippen LogP contribution in [0.2, 0.25) is 0 Å². The first-order valence-corrected chi connectivity index (χ1v) is 13.2. The van der Waals surface area contributed by atoms with E-state index in [2.05, 4.69) is 26.2 Å². The number of thiazole rings is 1. The van der Waals surface area contributed by atoms with Crippen LogP contribution in [-0.2, 0) is 14.6 Å². The maximum atomic E-state index is 12.8. The predicted octanol–water partition coefficient (Wildman–Crippen LogP) is 4.76. The monoisotopic (exact) mass is 482 g/mol. The molecule has 2 atom stereocenters. The van der Waals surface area contributed by atoms with Crippen molar-refractivity contribution >= 4 is 58.4 Å². The molecule has 1 N–H and O–H groups in total. The Bertz CT molecular complexity index is 1060. The third kappa shape index (κ3) is 3.41. The number of nitrogens with zero attached hydrogens (tertiary/aromatic N) is 1. The smallest absolute Gasteiger partial charge is 0.226 e. The molecule has 0 aliphatic heterocycles. The number of benzene rings is 1. The Morgan fingerprint density at radius 2 is 2.00 bits per heavy atom. The van der Waals surface area contributed by atoms with Crippen molar-refractivity contribution in [3.63, 3.8) is 0 Å². The second-order valence-electron chi connectivity index (χ2n) is 9.26. The van der Waals surface area contributed by atoms with Gasteiger partial charge in [-0.05, 0) is 74.0 Å². The summed E-state index contributed by atoms with van der Waals surface area (Å²) >= 11 is 5.33. The molecule has 4 saturated carbocycles. The van der Waals surface area contributed by atoms with E-state index in [1.807, 2.05) is 0 Å². The van der Waals surface area contributed by atoms with E-state index in [0.717, 1.165) is 23.0 Å². The number of carbonyl (C=O) groups is 1. The van der Waals surface area contributed by atoms with Crippen LogP contribution in [0, 0.1) is 17.3 Å². The number of amides is 1. The van der Waals surface area contributed by atoms with Gasteiger partial charge in [-0.15, -0.1) is 0 Å². The van der Waals surface area contributed by atoms with E-state index < -0.39 is 9.84 Å². The lowest BCUT2D eigenvalue weighted by molar-refractivity contribution is -0.123. The van der Waals surface area contributed by atoms with E-state index in [0.29, 0.717) is 17.1 Å². The van der Waals surface area contributed by atoms with Gasteiger partial charge in [0.15, 0.2) is 15.0 Å². The van der Waals surface area contributed by atoms with Crippen molar-refractivity contribution in [2.24, 2.45) is 17.3 Å². The van der Waals surface area contributed by atoms with Crippen molar-refractivity contribution in [3.05, 3.63) is 18.2 Å². The molecule has 150 valence electrons. The molecule has 1 amide bonds. The van der Waals surface area contributed by atoms with Crippen LogP contribution in [0.3, 0.4) is 0 Å². The zero-order valence-corrected chi connectivity index (χ0v) is 18.9. The molecular weight excluding hydrogens is 460 g/mol. The fourth-order valence-corrected chi connectivity index (χ4v) is 9.39. The molecule has 4 fully saturated rings. The Morgan fingerprint density at radius 1 is 1.29 bits per heavy atom. The van der Waals surface area contributed by atoms with Crippen molar-refractivity contribution in [2.75, 3.05) is 11.6 Å². The SMILES string of the molecule is CS(=O)(=O)c1ccc2nc(NC(=O)CC34CC5CC(CC(Br)(C5)C3)C4)sc2c1. The highest BCUT2D eigenvalue weighted by molar-refractivity contribution is 9.10. The van der Waals surface area contributed by atoms with Gasteiger partial charge in [0.1, 0.15) is 0 Å². The third-order valence-corrected chi connectivity index (χ3v) is 9.65. The normalized spacial score (nSPS) is 34.1. The minimum absolute atomic E-state index is 0.0282. The maximum absolute atomic E-state index is 12.8. The number of anilines is 1. The maximum Gasteiger partial charge on any atom is 0.226 e. The van der Waals surface area contributed by atoms with Crippen molar-refractivity contribution in [1.29, 1.82) is 0 Å². The average molecular weight is 483 g/mol. The lowest BCUT2D eigenvalue weighted by Crippen LogP contribution is -2.53. The molecule has 28 heavy (non-hydrogen) atoms. The summed E-state index contributed by atoms with van der Waals surface area (Å²) in [6.07, 6.45) is 9.03. The van der Waals surface area contributed by atoms with E-state index in [1.165, 1.54) is 49.7 Å². The van der Waals surface area contributed by atoms with Crippen LogP contribution in [0.25, 0.3) is 10.2 Å². The standard InChI is InChI=1S/C20H23BrN2O3S2/c1-28(25,26)14-2-3-15-16(5-14)27-18(22-15)23-17(24)10-19-6-12-4-13(7-19)9-20(21,8-12)11-19/h2-3,5,12-13H,4,6-11H2,1H3,(H,22,23,24). The van der Waals surface area contributed by atoms with Crippen molar-refractivity contribution in [1.82, 2.24) is 4.98 Å². The highest BCUT2D eigenvalue weighted by atomic mass is 79.9. The molecule has 0 spiro atoms. The highest BCUT2D eigenvalue weighted by Crippen LogP contribution is 2.65. The van der Waals surface area contributed by atoms with Gasteiger partial charge < -0.3 is 5.32 Å². The minimum Gasteiger partial charge on any atom is -0.302 e. The van der Waals surface area contributed by atoms with Gasteiger partial charge in [-0.2, -0.15) is 0 Å². The van der Waals surface area contributed by atoms with Gasteiger partial charge in [0.05, 0.1) is 15.1 Å². The second kappa shape index (κ2) is 6.25. The summed E-state index contributed by atoms with van der Waals surface area (Å²) in [5, 5.41) is 3.53. The van der Waals surface area contributed by atoms with Gasteiger partial charge in [-0.3, -0.25) is 4.79 Å². The summed E-state index contributed by atoms with van der Waals surface area (Å²) in [7, 11) is -3.26. The molecule has 2 aromatic rings. The Morgan fingerprint density at radius 3 is 2.64 bits per heavy atom. The molecule has 0 radical (unpaired) electrons. The number of aromatic nitrogens is 1. The first-order valence-electron chi connectivity index (χ1n) is 9.71. The van der Waals surface area contributed by atoms with E-state index in [4.69, 9.17) is 0 Å². The van der Waals surface area contributed by atoms with Crippen LogP contribution >= 0.6 is 27.3 Å². The van der Waals surface area contributed by atoms with E-state index >= 15 is 0 Å². The van der Waals surface area contributed by atoms with Crippen molar-refractivity contribution < 1.29 is 13.2 Å². The Labute approximate surface area is 177 Å². The number of hydrogen-bond acceptors (Lipinski definition) is 5. The quantitative estimate of drug-likeness (QED) is 0.637. The van der Waals surface area contributed by atoms with Crippen molar-refractivity contribution in [2.45, 2.75) is 54.2 Å². The fourth-order valence-electron chi connectivity index (χ4n) is 6.24. The average Bonchev–Trinajstić information content (AvgIpc) is 2.91. The fraction of sp³-hybridized carbons (Fsp3) is 0.600. The number of nitrogens with one attached hydrogen (secondary N) is 1. The molecule has 6 rings (SSSR count). The van der Waals surface area contributed by atoms with Crippen LogP contribution < -0.4 is 5.32 Å².